The molecule has 0 aromatic rings. The average Bonchev–Trinajstić information content (AvgIpc) is 1.84. The van der Waals surface area contributed by atoms with Gasteiger partial charge in [-0.1, -0.05) is 24.3 Å². The SMILES string of the molecule is [2H]C1=CC=CC(O)C1([2H])O. The Morgan fingerprint density at radius 3 is 2.75 bits per heavy atom. The van der Waals surface area contributed by atoms with E-state index >= 15 is 0 Å². The second-order valence-corrected chi connectivity index (χ2v) is 1.53. The zero-order valence-corrected chi connectivity index (χ0v) is 4.20. The molecule has 2 atom stereocenters. The van der Waals surface area contributed by atoms with Crippen LogP contribution in [0.5, 0.6) is 0 Å². The third-order valence-corrected chi connectivity index (χ3v) is 0.901. The summed E-state index contributed by atoms with van der Waals surface area (Å²) in [7, 11) is 0. The largest absolute Gasteiger partial charge is 0.386 e. The summed E-state index contributed by atoms with van der Waals surface area (Å²) in [5.41, 5.74) is 0. The van der Waals surface area contributed by atoms with Gasteiger partial charge < -0.3 is 10.2 Å². The summed E-state index contributed by atoms with van der Waals surface area (Å²) in [5, 5.41) is 17.9. The van der Waals surface area contributed by atoms with Gasteiger partial charge in [0.05, 0.1) is 2.74 Å². The number of allylic oxidation sites excluding steroid dienone is 2. The Hall–Kier alpha value is -0.600. The van der Waals surface area contributed by atoms with E-state index < -0.39 is 12.2 Å². The van der Waals surface area contributed by atoms with Gasteiger partial charge in [-0.15, -0.1) is 0 Å². The Labute approximate surface area is 50.6 Å². The fourth-order valence-corrected chi connectivity index (χ4v) is 0.471. The third-order valence-electron chi connectivity index (χ3n) is 0.901. The molecule has 0 fully saturated rings. The number of hydrogen-bond acceptors (Lipinski definition) is 2. The van der Waals surface area contributed by atoms with Crippen molar-refractivity contribution in [3.63, 3.8) is 0 Å². The Morgan fingerprint density at radius 1 is 1.50 bits per heavy atom. The van der Waals surface area contributed by atoms with Crippen LogP contribution in [-0.2, 0) is 0 Å². The van der Waals surface area contributed by atoms with Gasteiger partial charge in [0.2, 0.25) is 0 Å². The first-order valence-corrected chi connectivity index (χ1v) is 2.31. The predicted octanol–water partition coefficient (Wildman–Crippen LogP) is -0.166. The minimum atomic E-state index is -2.16. The van der Waals surface area contributed by atoms with Crippen molar-refractivity contribution in [3.05, 3.63) is 24.3 Å². The maximum Gasteiger partial charge on any atom is 0.102 e. The molecule has 0 saturated carbocycles. The van der Waals surface area contributed by atoms with Crippen molar-refractivity contribution in [3.8, 4) is 0 Å². The molecule has 2 nitrogen and oxygen atoms in total. The quantitative estimate of drug-likeness (QED) is 0.459. The fourth-order valence-electron chi connectivity index (χ4n) is 0.471. The van der Waals surface area contributed by atoms with Crippen molar-refractivity contribution in [2.24, 2.45) is 0 Å². The van der Waals surface area contributed by atoms with Gasteiger partial charge in [0.25, 0.3) is 0 Å². The van der Waals surface area contributed by atoms with Crippen LogP contribution < -0.4 is 0 Å². The summed E-state index contributed by atoms with van der Waals surface area (Å²) in [6.45, 7) is 0. The molecule has 1 rings (SSSR count). The van der Waals surface area contributed by atoms with E-state index in [0.717, 1.165) is 0 Å². The summed E-state index contributed by atoms with van der Waals surface area (Å²) in [5.74, 6) is 0. The van der Waals surface area contributed by atoms with E-state index in [2.05, 4.69) is 0 Å². The summed E-state index contributed by atoms with van der Waals surface area (Å²) < 4.78 is 14.1. The molecule has 1 aliphatic carbocycles. The molecule has 1 aliphatic rings. The minimum absolute atomic E-state index is 0.289. The lowest BCUT2D eigenvalue weighted by molar-refractivity contribution is 0.0794. The standard InChI is InChI=1S/C6H8O2/c7-5-3-1-2-4-6(5)8/h1-8H/i3D,5D. The molecular formula is C6H8O2. The van der Waals surface area contributed by atoms with Gasteiger partial charge >= 0.3 is 0 Å². The Balaban J connectivity index is 2.93. The predicted molar refractivity (Wildman–Crippen MR) is 30.3 cm³/mol. The zero-order chi connectivity index (χ0) is 7.78. The highest BCUT2D eigenvalue weighted by Gasteiger charge is 2.09. The van der Waals surface area contributed by atoms with Gasteiger partial charge in [-0.25, -0.2) is 0 Å². The lowest BCUT2D eigenvalue weighted by atomic mass is 10.1. The van der Waals surface area contributed by atoms with E-state index in [1.54, 1.807) is 0 Å². The molecule has 0 spiro atoms. The number of aliphatic hydroxyl groups is 2. The van der Waals surface area contributed by atoms with Gasteiger partial charge in [0, 0.05) is 0 Å². The van der Waals surface area contributed by atoms with Gasteiger partial charge in [-0.05, 0) is 0 Å². The van der Waals surface area contributed by atoms with Crippen LogP contribution in [0.4, 0.5) is 0 Å². The van der Waals surface area contributed by atoms with Crippen LogP contribution in [0.15, 0.2) is 24.3 Å². The Bertz CT molecular complexity index is 196. The van der Waals surface area contributed by atoms with Crippen molar-refractivity contribution in [2.45, 2.75) is 12.2 Å². The Morgan fingerprint density at radius 2 is 2.25 bits per heavy atom. The second-order valence-electron chi connectivity index (χ2n) is 1.53. The third kappa shape index (κ3) is 0.967. The molecule has 44 valence electrons. The molecule has 0 bridgehead atoms. The van der Waals surface area contributed by atoms with E-state index in [0.29, 0.717) is 0 Å². The monoisotopic (exact) mass is 114 g/mol. The van der Waals surface area contributed by atoms with Crippen LogP contribution in [0.2, 0.25) is 0 Å². The van der Waals surface area contributed by atoms with Crippen LogP contribution in [0.3, 0.4) is 0 Å². The lowest BCUT2D eigenvalue weighted by Gasteiger charge is -2.11. The van der Waals surface area contributed by atoms with Crippen molar-refractivity contribution < 1.29 is 13.0 Å². The highest BCUT2D eigenvalue weighted by atomic mass is 16.3. The van der Waals surface area contributed by atoms with E-state index in [1.807, 2.05) is 0 Å². The molecule has 0 aliphatic heterocycles. The van der Waals surface area contributed by atoms with Crippen molar-refractivity contribution in [1.29, 1.82) is 0 Å². The summed E-state index contributed by atoms with van der Waals surface area (Å²) in [4.78, 5) is 0. The van der Waals surface area contributed by atoms with E-state index in [1.165, 1.54) is 18.2 Å². The van der Waals surface area contributed by atoms with E-state index in [4.69, 9.17) is 13.0 Å². The van der Waals surface area contributed by atoms with Crippen LogP contribution in [0.1, 0.15) is 2.74 Å². The molecule has 0 aromatic carbocycles. The molecule has 8 heavy (non-hydrogen) atoms. The fraction of sp³-hybridized carbons (Fsp3) is 0.333. The first-order valence-electron chi connectivity index (χ1n) is 3.31. The number of aliphatic hydroxyl groups excluding tert-OH is 1. The molecule has 0 radical (unpaired) electrons. The van der Waals surface area contributed by atoms with E-state index in [-0.39, 0.29) is 6.05 Å². The molecule has 0 aromatic heterocycles. The van der Waals surface area contributed by atoms with Crippen LogP contribution in [-0.4, -0.2) is 22.4 Å². The maximum atomic E-state index is 9.02. The van der Waals surface area contributed by atoms with Crippen molar-refractivity contribution >= 4 is 0 Å². The normalized spacial score (nSPS) is 49.8. The average molecular weight is 114 g/mol. The molecule has 2 unspecified atom stereocenters. The smallest absolute Gasteiger partial charge is 0.102 e. The van der Waals surface area contributed by atoms with Gasteiger partial charge in [0.1, 0.15) is 12.2 Å². The highest BCUT2D eigenvalue weighted by molar-refractivity contribution is 5.15. The van der Waals surface area contributed by atoms with Crippen molar-refractivity contribution in [1.82, 2.24) is 0 Å². The van der Waals surface area contributed by atoms with Gasteiger partial charge in [-0.2, -0.15) is 0 Å². The number of hydrogen-bond donors (Lipinski definition) is 2. The van der Waals surface area contributed by atoms with Gasteiger partial charge in [0.15, 0.2) is 0 Å². The Kier molecular flexibility index (Phi) is 0.906. The van der Waals surface area contributed by atoms with Crippen LogP contribution in [0, 0.1) is 0 Å². The van der Waals surface area contributed by atoms with Crippen LogP contribution >= 0.6 is 0 Å². The first kappa shape index (κ1) is 3.43. The molecule has 0 amide bonds. The topological polar surface area (TPSA) is 40.5 Å². The van der Waals surface area contributed by atoms with Crippen molar-refractivity contribution in [2.75, 3.05) is 0 Å². The molecular weight excluding hydrogens is 104 g/mol. The van der Waals surface area contributed by atoms with E-state index in [9.17, 15) is 0 Å². The molecule has 0 saturated heterocycles. The molecule has 0 heterocycles. The maximum absolute atomic E-state index is 9.02. The zero-order valence-electron chi connectivity index (χ0n) is 6.20. The number of rotatable bonds is 0. The van der Waals surface area contributed by atoms with Crippen LogP contribution in [0.25, 0.3) is 0 Å². The first-order chi connectivity index (χ1) is 4.55. The second kappa shape index (κ2) is 2.11. The highest BCUT2D eigenvalue weighted by Crippen LogP contribution is 2.02. The molecule has 2 heteroatoms. The molecule has 2 N–H and O–H groups in total. The summed E-state index contributed by atoms with van der Waals surface area (Å²) in [6, 6.07) is -0.289. The summed E-state index contributed by atoms with van der Waals surface area (Å²) in [6.07, 6.45) is 0.542. The van der Waals surface area contributed by atoms with Gasteiger partial charge in [-0.3, -0.25) is 0 Å². The lowest BCUT2D eigenvalue weighted by Crippen LogP contribution is -2.22. The minimum Gasteiger partial charge on any atom is -0.386 e. The summed E-state index contributed by atoms with van der Waals surface area (Å²) >= 11 is 0.